The van der Waals surface area contributed by atoms with E-state index in [2.05, 4.69) is 5.32 Å². The highest BCUT2D eigenvalue weighted by molar-refractivity contribution is 6.04. The van der Waals surface area contributed by atoms with E-state index >= 15 is 0 Å². The highest BCUT2D eigenvalue weighted by Gasteiger charge is 2.21. The van der Waals surface area contributed by atoms with Gasteiger partial charge in [0.1, 0.15) is 12.2 Å². The summed E-state index contributed by atoms with van der Waals surface area (Å²) in [5.41, 5.74) is 2.16. The predicted molar refractivity (Wildman–Crippen MR) is 114 cm³/mol. The lowest BCUT2D eigenvalue weighted by atomic mass is 10.0. The summed E-state index contributed by atoms with van der Waals surface area (Å²) in [6, 6.07) is 16.1. The summed E-state index contributed by atoms with van der Waals surface area (Å²) in [6.45, 7) is 0.472. The number of carboxylic acid groups (broad SMARTS) is 1. The zero-order valence-corrected chi connectivity index (χ0v) is 16.5. The zero-order chi connectivity index (χ0) is 21.3. The first-order valence-corrected chi connectivity index (χ1v) is 9.46. The van der Waals surface area contributed by atoms with Gasteiger partial charge in [0.05, 0.1) is 17.9 Å². The van der Waals surface area contributed by atoms with Crippen molar-refractivity contribution in [1.29, 1.82) is 0 Å². The average Bonchev–Trinajstić information content (AvgIpc) is 2.77. The van der Waals surface area contributed by atoms with Crippen LogP contribution in [0.4, 0.5) is 5.69 Å². The molecule has 2 aromatic rings. The number of carboxylic acids is 1. The van der Waals surface area contributed by atoms with Crippen LogP contribution in [0.15, 0.2) is 90.6 Å². The van der Waals surface area contributed by atoms with Crippen molar-refractivity contribution in [3.8, 4) is 0 Å². The molecule has 0 saturated carbocycles. The summed E-state index contributed by atoms with van der Waals surface area (Å²) < 4.78 is 11.5. The summed E-state index contributed by atoms with van der Waals surface area (Å²) in [4.78, 5) is 23.4. The van der Waals surface area contributed by atoms with Gasteiger partial charge in [-0.3, -0.25) is 4.79 Å². The van der Waals surface area contributed by atoms with E-state index in [4.69, 9.17) is 9.47 Å². The van der Waals surface area contributed by atoms with Crippen LogP contribution in [-0.4, -0.2) is 36.3 Å². The maximum atomic E-state index is 12.2. The van der Waals surface area contributed by atoms with Crippen LogP contribution >= 0.6 is 0 Å². The number of ether oxygens (including phenoxy) is 2. The molecule has 0 heterocycles. The van der Waals surface area contributed by atoms with Crippen LogP contribution in [-0.2, 0) is 20.9 Å². The molecular formula is C24H23NO5. The molecule has 1 aliphatic rings. The smallest absolute Gasteiger partial charge is 0.337 e. The van der Waals surface area contributed by atoms with Gasteiger partial charge in [-0.2, -0.15) is 0 Å². The second-order valence-electron chi connectivity index (χ2n) is 6.66. The Balaban J connectivity index is 1.59. The number of anilines is 1. The van der Waals surface area contributed by atoms with Crippen LogP contribution in [0.3, 0.4) is 0 Å². The van der Waals surface area contributed by atoms with Gasteiger partial charge in [-0.1, -0.05) is 54.6 Å². The topological polar surface area (TPSA) is 84.9 Å². The Morgan fingerprint density at radius 3 is 2.53 bits per heavy atom. The van der Waals surface area contributed by atoms with Gasteiger partial charge in [-0.15, -0.1) is 0 Å². The SMILES string of the molecule is COC1C=C(/C=C/C(=O)Nc2ccccc2C(=O)O)C=CC1OCc1ccccc1. The molecule has 3 rings (SSSR count). The number of para-hydroxylation sites is 1. The van der Waals surface area contributed by atoms with Gasteiger partial charge >= 0.3 is 5.97 Å². The molecule has 0 radical (unpaired) electrons. The molecular weight excluding hydrogens is 382 g/mol. The van der Waals surface area contributed by atoms with E-state index in [1.807, 2.05) is 48.6 Å². The molecule has 0 saturated heterocycles. The number of methoxy groups -OCH3 is 1. The summed E-state index contributed by atoms with van der Waals surface area (Å²) in [5.74, 6) is -1.52. The van der Waals surface area contributed by atoms with Crippen LogP contribution < -0.4 is 5.32 Å². The summed E-state index contributed by atoms with van der Waals surface area (Å²) in [5, 5.41) is 11.8. The molecule has 0 bridgehead atoms. The second kappa shape index (κ2) is 10.3. The Kier molecular flexibility index (Phi) is 7.32. The monoisotopic (exact) mass is 405 g/mol. The molecule has 2 unspecified atom stereocenters. The third-order valence-electron chi connectivity index (χ3n) is 4.56. The van der Waals surface area contributed by atoms with Gasteiger partial charge in [0.15, 0.2) is 0 Å². The van der Waals surface area contributed by atoms with Crippen molar-refractivity contribution in [3.63, 3.8) is 0 Å². The van der Waals surface area contributed by atoms with Crippen molar-refractivity contribution in [2.75, 3.05) is 12.4 Å². The second-order valence-corrected chi connectivity index (χ2v) is 6.66. The van der Waals surface area contributed by atoms with Crippen molar-refractivity contribution >= 4 is 17.6 Å². The van der Waals surface area contributed by atoms with Gasteiger partial charge in [0.25, 0.3) is 0 Å². The minimum absolute atomic E-state index is 0.0360. The number of nitrogens with one attached hydrogen (secondary N) is 1. The molecule has 0 spiro atoms. The Morgan fingerprint density at radius 2 is 1.80 bits per heavy atom. The molecule has 154 valence electrons. The summed E-state index contributed by atoms with van der Waals surface area (Å²) >= 11 is 0. The van der Waals surface area contributed by atoms with Crippen molar-refractivity contribution in [1.82, 2.24) is 0 Å². The highest BCUT2D eigenvalue weighted by Crippen LogP contribution is 2.19. The summed E-state index contributed by atoms with van der Waals surface area (Å²) in [6.07, 6.45) is 8.12. The number of hydrogen-bond acceptors (Lipinski definition) is 4. The van der Waals surface area contributed by atoms with Gasteiger partial charge in [-0.05, 0) is 35.4 Å². The van der Waals surface area contributed by atoms with Gasteiger partial charge in [0.2, 0.25) is 5.91 Å². The van der Waals surface area contributed by atoms with Crippen molar-refractivity contribution < 1.29 is 24.2 Å². The predicted octanol–water partition coefficient (Wildman–Crippen LogP) is 3.98. The molecule has 2 atom stereocenters. The molecule has 1 aliphatic carbocycles. The van der Waals surface area contributed by atoms with E-state index in [1.54, 1.807) is 31.4 Å². The Bertz CT molecular complexity index is 978. The molecule has 0 fully saturated rings. The quantitative estimate of drug-likeness (QED) is 0.649. The van der Waals surface area contributed by atoms with Crippen molar-refractivity contribution in [3.05, 3.63) is 102 Å². The number of rotatable bonds is 8. The number of carbonyl (C=O) groups excluding carboxylic acids is 1. The molecule has 2 aromatic carbocycles. The number of amides is 1. The lowest BCUT2D eigenvalue weighted by Gasteiger charge is -2.24. The lowest BCUT2D eigenvalue weighted by molar-refractivity contribution is -0.111. The van der Waals surface area contributed by atoms with Crippen LogP contribution in [0, 0.1) is 0 Å². The van der Waals surface area contributed by atoms with Crippen LogP contribution in [0.5, 0.6) is 0 Å². The normalized spacial score (nSPS) is 18.2. The number of allylic oxidation sites excluding steroid dienone is 3. The fourth-order valence-corrected chi connectivity index (χ4v) is 3.01. The third kappa shape index (κ3) is 5.76. The maximum absolute atomic E-state index is 12.2. The minimum Gasteiger partial charge on any atom is -0.478 e. The van der Waals surface area contributed by atoms with E-state index in [-0.39, 0.29) is 23.5 Å². The zero-order valence-electron chi connectivity index (χ0n) is 16.5. The standard InChI is InChI=1S/C24H23NO5/c1-29-22-15-17(11-13-21(22)30-16-18-7-3-2-4-8-18)12-14-23(26)25-20-10-6-5-9-19(20)24(27)28/h2-15,21-22H,16H2,1H3,(H,25,26)(H,27,28)/b14-12+. The number of aromatic carboxylic acids is 1. The van der Waals surface area contributed by atoms with Crippen LogP contribution in [0.25, 0.3) is 0 Å². The number of carbonyl (C=O) groups is 2. The molecule has 6 heteroatoms. The van der Waals surface area contributed by atoms with Crippen LogP contribution in [0.2, 0.25) is 0 Å². The van der Waals surface area contributed by atoms with E-state index < -0.39 is 11.9 Å². The maximum Gasteiger partial charge on any atom is 0.337 e. The minimum atomic E-state index is -1.10. The Morgan fingerprint density at radius 1 is 1.07 bits per heavy atom. The molecule has 2 N–H and O–H groups in total. The van der Waals surface area contributed by atoms with E-state index in [9.17, 15) is 14.7 Å². The molecule has 0 aromatic heterocycles. The first kappa shape index (κ1) is 21.2. The van der Waals surface area contributed by atoms with Crippen LogP contribution in [0.1, 0.15) is 15.9 Å². The first-order valence-electron chi connectivity index (χ1n) is 9.46. The van der Waals surface area contributed by atoms with Gasteiger partial charge < -0.3 is 19.9 Å². The van der Waals surface area contributed by atoms with Crippen molar-refractivity contribution in [2.24, 2.45) is 0 Å². The number of benzene rings is 2. The average molecular weight is 405 g/mol. The third-order valence-corrected chi connectivity index (χ3v) is 4.56. The molecule has 1 amide bonds. The van der Waals surface area contributed by atoms with Crippen molar-refractivity contribution in [2.45, 2.75) is 18.8 Å². The highest BCUT2D eigenvalue weighted by atomic mass is 16.5. The van der Waals surface area contributed by atoms with E-state index in [1.165, 1.54) is 12.1 Å². The van der Waals surface area contributed by atoms with E-state index in [0.29, 0.717) is 6.61 Å². The Labute approximate surface area is 175 Å². The van der Waals surface area contributed by atoms with E-state index in [0.717, 1.165) is 11.1 Å². The lowest BCUT2D eigenvalue weighted by Crippen LogP contribution is -2.29. The fraction of sp³-hybridized carbons (Fsp3) is 0.167. The Hall–Kier alpha value is -3.48. The summed E-state index contributed by atoms with van der Waals surface area (Å²) in [7, 11) is 1.61. The fourth-order valence-electron chi connectivity index (χ4n) is 3.01. The van der Waals surface area contributed by atoms with Gasteiger partial charge in [0, 0.05) is 13.2 Å². The largest absolute Gasteiger partial charge is 0.478 e. The first-order chi connectivity index (χ1) is 14.6. The molecule has 0 aliphatic heterocycles. The molecule has 6 nitrogen and oxygen atoms in total. The van der Waals surface area contributed by atoms with Gasteiger partial charge in [-0.25, -0.2) is 4.79 Å². The molecule has 30 heavy (non-hydrogen) atoms. The number of hydrogen-bond donors (Lipinski definition) is 2.